The predicted octanol–water partition coefficient (Wildman–Crippen LogP) is 1.89. The van der Waals surface area contributed by atoms with E-state index < -0.39 is 14.9 Å². The van der Waals surface area contributed by atoms with Crippen LogP contribution in [-0.4, -0.2) is 30.7 Å². The van der Waals surface area contributed by atoms with Crippen molar-refractivity contribution in [3.63, 3.8) is 0 Å². The fraction of sp³-hybridized carbons (Fsp3) is 0.273. The lowest BCUT2D eigenvalue weighted by atomic mass is 10.3. The molecule has 0 heterocycles. The van der Waals surface area contributed by atoms with Crippen LogP contribution in [0.15, 0.2) is 23.1 Å². The van der Waals surface area contributed by atoms with Crippen LogP contribution in [0.1, 0.15) is 6.92 Å². The summed E-state index contributed by atoms with van der Waals surface area (Å²) >= 11 is 5.80. The molecule has 0 spiro atoms. The zero-order valence-corrected chi connectivity index (χ0v) is 11.6. The van der Waals surface area contributed by atoms with Crippen molar-refractivity contribution in [2.45, 2.75) is 11.8 Å². The summed E-state index contributed by atoms with van der Waals surface area (Å²) in [7, 11) is -3.85. The molecular formula is C11H11ClN2O4S. The molecule has 1 aromatic carbocycles. The molecule has 0 saturated heterocycles. The number of halogens is 1. The Labute approximate surface area is 116 Å². The van der Waals surface area contributed by atoms with E-state index in [9.17, 15) is 18.5 Å². The summed E-state index contributed by atoms with van der Waals surface area (Å²) in [4.78, 5) is 9.72. The van der Waals surface area contributed by atoms with Gasteiger partial charge in [0.25, 0.3) is 5.69 Å². The van der Waals surface area contributed by atoms with Crippen molar-refractivity contribution in [2.75, 3.05) is 13.1 Å². The van der Waals surface area contributed by atoms with Gasteiger partial charge < -0.3 is 0 Å². The molecule has 0 aromatic heterocycles. The second-order valence-electron chi connectivity index (χ2n) is 3.51. The monoisotopic (exact) mass is 302 g/mol. The van der Waals surface area contributed by atoms with Crippen molar-refractivity contribution >= 4 is 27.3 Å². The number of nitro benzene ring substituents is 1. The predicted molar refractivity (Wildman–Crippen MR) is 71.4 cm³/mol. The molecule has 102 valence electrons. The lowest BCUT2D eigenvalue weighted by Gasteiger charge is -2.18. The summed E-state index contributed by atoms with van der Waals surface area (Å²) < 4.78 is 25.5. The van der Waals surface area contributed by atoms with Gasteiger partial charge in [0.15, 0.2) is 0 Å². The molecule has 0 radical (unpaired) electrons. The van der Waals surface area contributed by atoms with Gasteiger partial charge in [-0.05, 0) is 6.07 Å². The van der Waals surface area contributed by atoms with Gasteiger partial charge in [0.2, 0.25) is 10.0 Å². The summed E-state index contributed by atoms with van der Waals surface area (Å²) in [6.07, 6.45) is 5.10. The van der Waals surface area contributed by atoms with Gasteiger partial charge in [-0.15, -0.1) is 6.42 Å². The minimum absolute atomic E-state index is 0.0911. The maximum atomic E-state index is 12.2. The molecule has 8 heteroatoms. The van der Waals surface area contributed by atoms with E-state index >= 15 is 0 Å². The molecule has 6 nitrogen and oxygen atoms in total. The van der Waals surface area contributed by atoms with Crippen molar-refractivity contribution in [1.29, 1.82) is 0 Å². The molecule has 0 aliphatic heterocycles. The zero-order chi connectivity index (χ0) is 14.6. The third-order valence-corrected chi connectivity index (χ3v) is 4.77. The highest BCUT2D eigenvalue weighted by molar-refractivity contribution is 7.89. The smallest absolute Gasteiger partial charge is 0.258 e. The largest absolute Gasteiger partial charge is 0.271 e. The Morgan fingerprint density at radius 1 is 1.53 bits per heavy atom. The van der Waals surface area contributed by atoms with Crippen molar-refractivity contribution < 1.29 is 13.3 Å². The zero-order valence-electron chi connectivity index (χ0n) is 10.0. The van der Waals surface area contributed by atoms with Crippen LogP contribution in [-0.2, 0) is 10.0 Å². The van der Waals surface area contributed by atoms with E-state index in [1.54, 1.807) is 6.92 Å². The van der Waals surface area contributed by atoms with E-state index in [2.05, 4.69) is 5.92 Å². The number of non-ortho nitro benzene ring substituents is 1. The van der Waals surface area contributed by atoms with Gasteiger partial charge >= 0.3 is 0 Å². The van der Waals surface area contributed by atoms with Crippen LogP contribution in [0.3, 0.4) is 0 Å². The van der Waals surface area contributed by atoms with Gasteiger partial charge in [0, 0.05) is 18.7 Å². The molecule has 0 saturated carbocycles. The van der Waals surface area contributed by atoms with Crippen LogP contribution >= 0.6 is 11.6 Å². The molecule has 19 heavy (non-hydrogen) atoms. The quantitative estimate of drug-likeness (QED) is 0.472. The second kappa shape index (κ2) is 6.02. The van der Waals surface area contributed by atoms with Gasteiger partial charge in [-0.2, -0.15) is 4.31 Å². The summed E-state index contributed by atoms with van der Waals surface area (Å²) in [5.41, 5.74) is -0.274. The first-order valence-corrected chi connectivity index (χ1v) is 7.04. The van der Waals surface area contributed by atoms with Crippen LogP contribution in [0.4, 0.5) is 5.69 Å². The molecule has 1 aromatic rings. The van der Waals surface area contributed by atoms with Gasteiger partial charge in [-0.3, -0.25) is 10.1 Å². The fourth-order valence-corrected chi connectivity index (χ4v) is 3.30. The van der Waals surface area contributed by atoms with Crippen LogP contribution in [0.5, 0.6) is 0 Å². The van der Waals surface area contributed by atoms with Crippen LogP contribution in [0.25, 0.3) is 0 Å². The molecule has 0 N–H and O–H groups in total. The summed E-state index contributed by atoms with van der Waals surface area (Å²) in [6.45, 7) is 1.72. The molecule has 0 aliphatic rings. The lowest BCUT2D eigenvalue weighted by Crippen LogP contribution is -2.31. The SMILES string of the molecule is C#CCN(CC)S(=O)(=O)c1ccc([N+](=O)[O-])cc1Cl. The topological polar surface area (TPSA) is 80.5 Å². The van der Waals surface area contributed by atoms with Crippen molar-refractivity contribution in [3.8, 4) is 12.3 Å². The van der Waals surface area contributed by atoms with Gasteiger partial charge in [0.05, 0.1) is 16.5 Å². The number of benzene rings is 1. The first kappa shape index (κ1) is 15.4. The van der Waals surface area contributed by atoms with Crippen molar-refractivity contribution in [2.24, 2.45) is 0 Å². The third-order valence-electron chi connectivity index (χ3n) is 2.36. The van der Waals surface area contributed by atoms with Crippen LogP contribution in [0, 0.1) is 22.5 Å². The van der Waals surface area contributed by atoms with E-state index in [0.29, 0.717) is 0 Å². The van der Waals surface area contributed by atoms with E-state index in [0.717, 1.165) is 22.5 Å². The maximum absolute atomic E-state index is 12.2. The highest BCUT2D eigenvalue weighted by atomic mass is 35.5. The Hall–Kier alpha value is -1.62. The average Bonchev–Trinajstić information content (AvgIpc) is 2.35. The Morgan fingerprint density at radius 2 is 2.16 bits per heavy atom. The number of terminal acetylenes is 1. The summed E-state index contributed by atoms with van der Waals surface area (Å²) in [5.74, 6) is 2.24. The minimum Gasteiger partial charge on any atom is -0.258 e. The summed E-state index contributed by atoms with van der Waals surface area (Å²) in [6, 6.07) is 3.19. The van der Waals surface area contributed by atoms with E-state index in [-0.39, 0.29) is 28.7 Å². The van der Waals surface area contributed by atoms with Crippen LogP contribution < -0.4 is 0 Å². The average molecular weight is 303 g/mol. The standard InChI is InChI=1S/C11H11ClN2O4S/c1-3-7-13(4-2)19(17,18)11-6-5-9(14(15)16)8-10(11)12/h1,5-6,8H,4,7H2,2H3. The molecule has 0 atom stereocenters. The van der Waals surface area contributed by atoms with Gasteiger partial charge in [0.1, 0.15) is 4.90 Å². The molecule has 0 bridgehead atoms. The first-order chi connectivity index (χ1) is 8.84. The first-order valence-electron chi connectivity index (χ1n) is 5.22. The molecular weight excluding hydrogens is 292 g/mol. The highest BCUT2D eigenvalue weighted by Crippen LogP contribution is 2.28. The van der Waals surface area contributed by atoms with E-state index in [1.807, 2.05) is 0 Å². The van der Waals surface area contributed by atoms with Crippen molar-refractivity contribution in [1.82, 2.24) is 4.31 Å². The molecule has 0 fully saturated rings. The fourth-order valence-electron chi connectivity index (χ4n) is 1.42. The molecule has 1 rings (SSSR count). The normalized spacial score (nSPS) is 11.3. The number of nitrogens with zero attached hydrogens (tertiary/aromatic N) is 2. The Balaban J connectivity index is 3.30. The highest BCUT2D eigenvalue weighted by Gasteiger charge is 2.26. The number of hydrogen-bond donors (Lipinski definition) is 0. The third kappa shape index (κ3) is 3.23. The Morgan fingerprint density at radius 3 is 2.58 bits per heavy atom. The summed E-state index contributed by atoms with van der Waals surface area (Å²) in [5, 5.41) is 10.4. The van der Waals surface area contributed by atoms with Crippen LogP contribution in [0.2, 0.25) is 5.02 Å². The number of nitro groups is 1. The number of sulfonamides is 1. The number of rotatable bonds is 5. The van der Waals surface area contributed by atoms with Gasteiger partial charge in [-0.1, -0.05) is 24.4 Å². The molecule has 0 amide bonds. The van der Waals surface area contributed by atoms with E-state index in [1.165, 1.54) is 0 Å². The lowest BCUT2D eigenvalue weighted by molar-refractivity contribution is -0.384. The van der Waals surface area contributed by atoms with Gasteiger partial charge in [-0.25, -0.2) is 8.42 Å². The number of hydrogen-bond acceptors (Lipinski definition) is 4. The Kier molecular flexibility index (Phi) is 4.89. The van der Waals surface area contributed by atoms with E-state index in [4.69, 9.17) is 18.0 Å². The molecule has 0 unspecified atom stereocenters. The maximum Gasteiger partial charge on any atom is 0.271 e. The van der Waals surface area contributed by atoms with Crippen molar-refractivity contribution in [3.05, 3.63) is 33.3 Å². The Bertz CT molecular complexity index is 637. The minimum atomic E-state index is -3.85. The molecule has 0 aliphatic carbocycles. The second-order valence-corrected chi connectivity index (χ2v) is 5.82.